The Kier molecular flexibility index (Phi) is 3.57. The Morgan fingerprint density at radius 2 is 2.33 bits per heavy atom. The van der Waals surface area contributed by atoms with Crippen molar-refractivity contribution in [2.24, 2.45) is 0 Å². The lowest BCUT2D eigenvalue weighted by atomic mass is 10.2. The minimum atomic E-state index is -0.426. The zero-order chi connectivity index (χ0) is 10.8. The normalized spacial score (nSPS) is 36.5. The highest BCUT2D eigenvalue weighted by molar-refractivity contribution is 7.99. The maximum atomic E-state index is 11.7. The van der Waals surface area contributed by atoms with E-state index < -0.39 is 6.10 Å². The molecule has 3 nitrogen and oxygen atoms in total. The van der Waals surface area contributed by atoms with E-state index in [1.807, 2.05) is 16.7 Å². The molecular weight excluding hydrogens is 210 g/mol. The Labute approximate surface area is 95.2 Å². The van der Waals surface area contributed by atoms with Crippen molar-refractivity contribution in [2.45, 2.75) is 50.0 Å². The molecule has 1 aliphatic heterocycles. The molecule has 1 amide bonds. The number of β-amino-alcohol motifs (C(OH)–C–C–N with tert-alkyl or cyclic N) is 1. The van der Waals surface area contributed by atoms with Crippen molar-refractivity contribution >= 4 is 17.7 Å². The molecule has 2 aliphatic rings. The molecule has 4 heteroatoms. The minimum Gasteiger partial charge on any atom is -0.391 e. The largest absolute Gasteiger partial charge is 0.391 e. The summed E-state index contributed by atoms with van der Waals surface area (Å²) in [6.45, 7) is 2.73. The topological polar surface area (TPSA) is 40.5 Å². The quantitative estimate of drug-likeness (QED) is 0.792. The first kappa shape index (κ1) is 11.3. The highest BCUT2D eigenvalue weighted by atomic mass is 32.2. The monoisotopic (exact) mass is 229 g/mol. The molecule has 0 spiro atoms. The second-order valence-corrected chi connectivity index (χ2v) is 5.91. The number of rotatable bonds is 3. The molecule has 0 aromatic heterocycles. The van der Waals surface area contributed by atoms with Crippen LogP contribution in [0.4, 0.5) is 0 Å². The fourth-order valence-corrected chi connectivity index (χ4v) is 3.97. The summed E-state index contributed by atoms with van der Waals surface area (Å²) in [5.41, 5.74) is 0. The highest BCUT2D eigenvalue weighted by Crippen LogP contribution is 2.35. The summed E-state index contributed by atoms with van der Waals surface area (Å²) >= 11 is 1.96. The van der Waals surface area contributed by atoms with E-state index in [2.05, 4.69) is 6.92 Å². The number of amides is 1. The van der Waals surface area contributed by atoms with Crippen LogP contribution in [-0.2, 0) is 4.79 Å². The summed E-state index contributed by atoms with van der Waals surface area (Å²) in [5, 5.41) is 10.1. The first-order chi connectivity index (χ1) is 7.22. The van der Waals surface area contributed by atoms with E-state index in [0.717, 1.165) is 12.2 Å². The average Bonchev–Trinajstić information content (AvgIpc) is 2.73. The fraction of sp³-hybridized carbons (Fsp3) is 0.909. The van der Waals surface area contributed by atoms with Crippen LogP contribution in [0.25, 0.3) is 0 Å². The van der Waals surface area contributed by atoms with Crippen molar-refractivity contribution in [1.82, 2.24) is 4.90 Å². The van der Waals surface area contributed by atoms with Crippen LogP contribution in [0.15, 0.2) is 0 Å². The summed E-state index contributed by atoms with van der Waals surface area (Å²) in [6, 6.07) is 0.389. The SMILES string of the molecule is CCSC1CCCC1N1CC(O)CC1=O. The smallest absolute Gasteiger partial charge is 0.225 e. The van der Waals surface area contributed by atoms with Gasteiger partial charge in [0.05, 0.1) is 12.5 Å². The van der Waals surface area contributed by atoms with Gasteiger partial charge in [-0.05, 0) is 18.6 Å². The van der Waals surface area contributed by atoms with Gasteiger partial charge in [0, 0.05) is 17.8 Å². The summed E-state index contributed by atoms with van der Waals surface area (Å²) in [7, 11) is 0. The van der Waals surface area contributed by atoms with E-state index in [0.29, 0.717) is 24.3 Å². The molecule has 15 heavy (non-hydrogen) atoms. The van der Waals surface area contributed by atoms with E-state index in [4.69, 9.17) is 0 Å². The second kappa shape index (κ2) is 4.74. The third-order valence-corrected chi connectivity index (χ3v) is 4.65. The van der Waals surface area contributed by atoms with Gasteiger partial charge >= 0.3 is 0 Å². The van der Waals surface area contributed by atoms with Gasteiger partial charge in [0.15, 0.2) is 0 Å². The van der Waals surface area contributed by atoms with E-state index in [1.165, 1.54) is 12.8 Å². The van der Waals surface area contributed by atoms with Crippen LogP contribution in [0.2, 0.25) is 0 Å². The first-order valence-corrected chi connectivity index (χ1v) is 6.86. The van der Waals surface area contributed by atoms with Gasteiger partial charge in [-0.25, -0.2) is 0 Å². The number of aliphatic hydroxyl groups is 1. The predicted octanol–water partition coefficient (Wildman–Crippen LogP) is 1.25. The van der Waals surface area contributed by atoms with Crippen LogP contribution in [0.5, 0.6) is 0 Å². The molecule has 1 N–H and O–H groups in total. The number of thioether (sulfide) groups is 1. The molecule has 1 aliphatic carbocycles. The van der Waals surface area contributed by atoms with E-state index >= 15 is 0 Å². The molecule has 0 aromatic carbocycles. The van der Waals surface area contributed by atoms with Crippen molar-refractivity contribution in [3.63, 3.8) is 0 Å². The Balaban J connectivity index is 1.99. The molecule has 2 fully saturated rings. The molecule has 2 rings (SSSR count). The number of likely N-dealkylation sites (tertiary alicyclic amines) is 1. The van der Waals surface area contributed by atoms with Crippen LogP contribution in [0, 0.1) is 0 Å². The number of hydrogen-bond acceptors (Lipinski definition) is 3. The maximum absolute atomic E-state index is 11.7. The zero-order valence-corrected chi connectivity index (χ0v) is 10.0. The van der Waals surface area contributed by atoms with Crippen molar-refractivity contribution in [1.29, 1.82) is 0 Å². The molecule has 3 atom stereocenters. The van der Waals surface area contributed by atoms with E-state index in [9.17, 15) is 9.90 Å². The molecule has 0 radical (unpaired) electrons. The summed E-state index contributed by atoms with van der Waals surface area (Å²) in [5.74, 6) is 1.27. The number of nitrogens with zero attached hydrogens (tertiary/aromatic N) is 1. The lowest BCUT2D eigenvalue weighted by molar-refractivity contribution is -0.129. The number of carbonyl (C=O) groups is 1. The van der Waals surface area contributed by atoms with Gasteiger partial charge in [-0.2, -0.15) is 11.8 Å². The van der Waals surface area contributed by atoms with Crippen molar-refractivity contribution in [3.8, 4) is 0 Å². The van der Waals surface area contributed by atoms with E-state index in [-0.39, 0.29) is 5.91 Å². The molecule has 1 saturated carbocycles. The standard InChI is InChI=1S/C11H19NO2S/c1-2-15-10-5-3-4-9(10)12-7-8(13)6-11(12)14/h8-10,13H,2-7H2,1H3. The second-order valence-electron chi connectivity index (χ2n) is 4.40. The highest BCUT2D eigenvalue weighted by Gasteiger charge is 2.39. The van der Waals surface area contributed by atoms with Crippen molar-refractivity contribution < 1.29 is 9.90 Å². The molecule has 1 heterocycles. The van der Waals surface area contributed by atoms with Crippen LogP contribution in [-0.4, -0.2) is 45.6 Å². The third kappa shape index (κ3) is 2.31. The van der Waals surface area contributed by atoms with Crippen LogP contribution < -0.4 is 0 Å². The minimum absolute atomic E-state index is 0.149. The van der Waals surface area contributed by atoms with Crippen LogP contribution in [0.3, 0.4) is 0 Å². The molecule has 86 valence electrons. The number of carbonyl (C=O) groups excluding carboxylic acids is 1. The fourth-order valence-electron chi connectivity index (χ4n) is 2.70. The Hall–Kier alpha value is -0.220. The number of hydrogen-bond donors (Lipinski definition) is 1. The Bertz CT molecular complexity index is 247. The zero-order valence-electron chi connectivity index (χ0n) is 9.19. The van der Waals surface area contributed by atoms with Crippen LogP contribution >= 0.6 is 11.8 Å². The summed E-state index contributed by atoms with van der Waals surface area (Å²) < 4.78 is 0. The van der Waals surface area contributed by atoms with Gasteiger partial charge in [0.25, 0.3) is 0 Å². The molecule has 0 bridgehead atoms. The molecule has 1 saturated heterocycles. The van der Waals surface area contributed by atoms with Gasteiger partial charge < -0.3 is 10.0 Å². The van der Waals surface area contributed by atoms with Gasteiger partial charge in [0.2, 0.25) is 5.91 Å². The van der Waals surface area contributed by atoms with Gasteiger partial charge in [0.1, 0.15) is 0 Å². The molecular formula is C11H19NO2S. The maximum Gasteiger partial charge on any atom is 0.225 e. The van der Waals surface area contributed by atoms with Crippen LogP contribution in [0.1, 0.15) is 32.6 Å². The van der Waals surface area contributed by atoms with Gasteiger partial charge in [-0.1, -0.05) is 13.3 Å². The lowest BCUT2D eigenvalue weighted by Gasteiger charge is -2.29. The summed E-state index contributed by atoms with van der Waals surface area (Å²) in [4.78, 5) is 13.6. The Morgan fingerprint density at radius 1 is 1.53 bits per heavy atom. The van der Waals surface area contributed by atoms with Crippen molar-refractivity contribution in [2.75, 3.05) is 12.3 Å². The van der Waals surface area contributed by atoms with E-state index in [1.54, 1.807) is 0 Å². The van der Waals surface area contributed by atoms with Gasteiger partial charge in [-0.15, -0.1) is 0 Å². The average molecular weight is 229 g/mol. The third-order valence-electron chi connectivity index (χ3n) is 3.34. The van der Waals surface area contributed by atoms with Gasteiger partial charge in [-0.3, -0.25) is 4.79 Å². The molecule has 3 unspecified atom stereocenters. The Morgan fingerprint density at radius 3 is 2.93 bits per heavy atom. The molecule has 0 aromatic rings. The van der Waals surface area contributed by atoms with Crippen molar-refractivity contribution in [3.05, 3.63) is 0 Å². The number of aliphatic hydroxyl groups excluding tert-OH is 1. The first-order valence-electron chi connectivity index (χ1n) is 5.81. The predicted molar refractivity (Wildman–Crippen MR) is 61.9 cm³/mol. The summed E-state index contributed by atoms with van der Waals surface area (Å²) in [6.07, 6.45) is 3.48. The lowest BCUT2D eigenvalue weighted by Crippen LogP contribution is -2.40.